The molecule has 0 unspecified atom stereocenters. The SMILES string of the molecule is N#CCC(=O)N1CCC[C@@H]1COC(=O)N[C@@H](Cc1coc2ccccc12)B(O)O. The van der Waals surface area contributed by atoms with Crippen LogP contribution in [-0.2, 0) is 16.0 Å². The molecule has 3 N–H and O–H groups in total. The number of rotatable bonds is 7. The molecule has 9 nitrogen and oxygen atoms in total. The summed E-state index contributed by atoms with van der Waals surface area (Å²) < 4.78 is 10.6. The van der Waals surface area contributed by atoms with E-state index in [9.17, 15) is 19.6 Å². The van der Waals surface area contributed by atoms with Gasteiger partial charge in [-0.2, -0.15) is 5.26 Å². The number of likely N-dealkylation sites (tertiary alicyclic amines) is 1. The average molecular weight is 399 g/mol. The lowest BCUT2D eigenvalue weighted by Crippen LogP contribution is -2.49. The molecule has 152 valence electrons. The van der Waals surface area contributed by atoms with E-state index in [1.54, 1.807) is 11.0 Å². The summed E-state index contributed by atoms with van der Waals surface area (Å²) in [5.41, 5.74) is 1.39. The van der Waals surface area contributed by atoms with E-state index in [0.717, 1.165) is 17.4 Å². The number of furan rings is 1. The lowest BCUT2D eigenvalue weighted by atomic mass is 9.76. The van der Waals surface area contributed by atoms with Crippen LogP contribution in [0.5, 0.6) is 0 Å². The van der Waals surface area contributed by atoms with Gasteiger partial charge in [-0.15, -0.1) is 0 Å². The predicted octanol–water partition coefficient (Wildman–Crippen LogP) is 0.987. The van der Waals surface area contributed by atoms with Gasteiger partial charge in [-0.25, -0.2) is 4.79 Å². The second-order valence-electron chi connectivity index (χ2n) is 6.94. The van der Waals surface area contributed by atoms with Crippen LogP contribution in [0.3, 0.4) is 0 Å². The van der Waals surface area contributed by atoms with Crippen molar-refractivity contribution in [3.8, 4) is 6.07 Å². The summed E-state index contributed by atoms with van der Waals surface area (Å²) >= 11 is 0. The van der Waals surface area contributed by atoms with E-state index in [4.69, 9.17) is 14.4 Å². The first-order valence-electron chi connectivity index (χ1n) is 9.40. The maximum atomic E-state index is 12.2. The van der Waals surface area contributed by atoms with Crippen LogP contribution in [0.2, 0.25) is 0 Å². The molecule has 2 atom stereocenters. The van der Waals surface area contributed by atoms with Gasteiger partial charge in [0, 0.05) is 11.9 Å². The molecule has 1 aromatic carbocycles. The van der Waals surface area contributed by atoms with Gasteiger partial charge in [0.1, 0.15) is 18.6 Å². The third kappa shape index (κ3) is 5.07. The van der Waals surface area contributed by atoms with Crippen molar-refractivity contribution in [2.24, 2.45) is 0 Å². The zero-order valence-electron chi connectivity index (χ0n) is 15.8. The molecule has 2 heterocycles. The molecule has 1 fully saturated rings. The number of fused-ring (bicyclic) bond motifs is 1. The first kappa shape index (κ1) is 20.7. The van der Waals surface area contributed by atoms with E-state index in [2.05, 4.69) is 5.32 Å². The number of carbonyl (C=O) groups is 2. The standard InChI is InChI=1S/C19H22BN3O6/c21-8-7-18(24)23-9-3-4-14(23)12-29-19(25)22-17(20(26)27)10-13-11-28-16-6-2-1-5-15(13)16/h1-2,5-6,11,14,17,26-27H,3-4,7,9-10,12H2,(H,22,25)/t14-,17+/m1/s1. The fourth-order valence-electron chi connectivity index (χ4n) is 3.53. The molecule has 3 rings (SSSR count). The average Bonchev–Trinajstić information content (AvgIpc) is 3.33. The number of para-hydroxylation sites is 1. The summed E-state index contributed by atoms with van der Waals surface area (Å²) in [4.78, 5) is 25.6. The van der Waals surface area contributed by atoms with Crippen LogP contribution in [0.4, 0.5) is 4.79 Å². The maximum Gasteiger partial charge on any atom is 0.475 e. The van der Waals surface area contributed by atoms with Crippen molar-refractivity contribution in [3.05, 3.63) is 36.1 Å². The molecule has 2 amide bonds. The lowest BCUT2D eigenvalue weighted by molar-refractivity contribution is -0.131. The van der Waals surface area contributed by atoms with E-state index < -0.39 is 19.2 Å². The highest BCUT2D eigenvalue weighted by molar-refractivity contribution is 6.43. The molecule has 10 heteroatoms. The smallest absolute Gasteiger partial charge is 0.464 e. The monoisotopic (exact) mass is 399 g/mol. The van der Waals surface area contributed by atoms with Crippen LogP contribution in [0, 0.1) is 11.3 Å². The fraction of sp³-hybridized carbons (Fsp3) is 0.421. The summed E-state index contributed by atoms with van der Waals surface area (Å²) in [7, 11) is -1.80. The third-order valence-electron chi connectivity index (χ3n) is 5.00. The Hall–Kier alpha value is -3.03. The first-order chi connectivity index (χ1) is 14.0. The van der Waals surface area contributed by atoms with Crippen LogP contribution >= 0.6 is 0 Å². The number of alkyl carbamates (subject to hydrolysis) is 1. The quantitative estimate of drug-likeness (QED) is 0.591. The van der Waals surface area contributed by atoms with Gasteiger partial charge < -0.3 is 29.4 Å². The molecule has 1 aliphatic heterocycles. The molecule has 0 saturated carbocycles. The van der Waals surface area contributed by atoms with Crippen LogP contribution < -0.4 is 5.32 Å². The van der Waals surface area contributed by atoms with Gasteiger partial charge >= 0.3 is 13.2 Å². The lowest BCUT2D eigenvalue weighted by Gasteiger charge is -2.24. The number of nitriles is 1. The zero-order chi connectivity index (χ0) is 20.8. The van der Waals surface area contributed by atoms with Crippen LogP contribution in [-0.4, -0.2) is 59.2 Å². The molecule has 0 bridgehead atoms. The van der Waals surface area contributed by atoms with Gasteiger partial charge in [0.2, 0.25) is 5.91 Å². The van der Waals surface area contributed by atoms with Crippen molar-refractivity contribution in [1.29, 1.82) is 5.26 Å². The summed E-state index contributed by atoms with van der Waals surface area (Å²) in [5, 5.41) is 31.3. The Labute approximate surface area is 168 Å². The van der Waals surface area contributed by atoms with Crippen molar-refractivity contribution in [2.75, 3.05) is 13.2 Å². The fourth-order valence-corrected chi connectivity index (χ4v) is 3.53. The number of hydrogen-bond acceptors (Lipinski definition) is 7. The summed E-state index contributed by atoms with van der Waals surface area (Å²) in [6.45, 7) is 0.508. The summed E-state index contributed by atoms with van der Waals surface area (Å²) in [5.74, 6) is -1.28. The van der Waals surface area contributed by atoms with E-state index >= 15 is 0 Å². The topological polar surface area (TPSA) is 136 Å². The van der Waals surface area contributed by atoms with Crippen molar-refractivity contribution in [1.82, 2.24) is 10.2 Å². The van der Waals surface area contributed by atoms with Gasteiger partial charge in [0.05, 0.1) is 24.3 Å². The van der Waals surface area contributed by atoms with E-state index in [1.807, 2.05) is 24.3 Å². The molecule has 0 spiro atoms. The molecule has 0 radical (unpaired) electrons. The Bertz CT molecular complexity index is 909. The Balaban J connectivity index is 1.56. The van der Waals surface area contributed by atoms with Crippen molar-refractivity contribution >= 4 is 30.1 Å². The number of amides is 2. The molecule has 1 aliphatic rings. The van der Waals surface area contributed by atoms with Crippen molar-refractivity contribution < 1.29 is 28.8 Å². The molecule has 1 saturated heterocycles. The molecule has 0 aliphatic carbocycles. The van der Waals surface area contributed by atoms with Gasteiger partial charge in [-0.05, 0) is 30.9 Å². The van der Waals surface area contributed by atoms with Gasteiger partial charge in [-0.3, -0.25) is 4.79 Å². The van der Waals surface area contributed by atoms with Crippen LogP contribution in [0.1, 0.15) is 24.8 Å². The zero-order valence-corrected chi connectivity index (χ0v) is 15.8. The maximum absolute atomic E-state index is 12.2. The normalized spacial score (nSPS) is 17.0. The minimum atomic E-state index is -1.80. The number of benzene rings is 1. The number of nitrogens with one attached hydrogen (secondary N) is 1. The van der Waals surface area contributed by atoms with Crippen LogP contribution in [0.15, 0.2) is 34.9 Å². The third-order valence-corrected chi connectivity index (χ3v) is 5.00. The molecule has 1 aromatic heterocycles. The first-order valence-corrected chi connectivity index (χ1v) is 9.40. The Kier molecular flexibility index (Phi) is 6.75. The van der Waals surface area contributed by atoms with E-state index in [0.29, 0.717) is 18.5 Å². The summed E-state index contributed by atoms with van der Waals surface area (Å²) in [6.07, 6.45) is 2.09. The molecular weight excluding hydrogens is 377 g/mol. The van der Waals surface area contributed by atoms with Crippen molar-refractivity contribution in [3.63, 3.8) is 0 Å². The van der Waals surface area contributed by atoms with E-state index in [1.165, 1.54) is 6.26 Å². The van der Waals surface area contributed by atoms with Crippen molar-refractivity contribution in [2.45, 2.75) is 37.7 Å². The summed E-state index contributed by atoms with van der Waals surface area (Å²) in [6, 6.07) is 8.86. The Morgan fingerprint density at radius 2 is 2.21 bits per heavy atom. The molecule has 2 aromatic rings. The second-order valence-corrected chi connectivity index (χ2v) is 6.94. The van der Waals surface area contributed by atoms with Gasteiger partial charge in [0.15, 0.2) is 0 Å². The number of hydrogen-bond donors (Lipinski definition) is 3. The number of ether oxygens (including phenoxy) is 1. The van der Waals surface area contributed by atoms with E-state index in [-0.39, 0.29) is 31.4 Å². The highest BCUT2D eigenvalue weighted by Gasteiger charge is 2.31. The Morgan fingerprint density at radius 3 is 2.97 bits per heavy atom. The molecular formula is C19H22BN3O6. The Morgan fingerprint density at radius 1 is 1.41 bits per heavy atom. The minimum absolute atomic E-state index is 0.0219. The number of carbonyl (C=O) groups excluding carboxylic acids is 2. The molecule has 29 heavy (non-hydrogen) atoms. The van der Waals surface area contributed by atoms with Crippen LogP contribution in [0.25, 0.3) is 11.0 Å². The largest absolute Gasteiger partial charge is 0.475 e. The minimum Gasteiger partial charge on any atom is -0.464 e. The predicted molar refractivity (Wildman–Crippen MR) is 103 cm³/mol. The highest BCUT2D eigenvalue weighted by Crippen LogP contribution is 2.22. The highest BCUT2D eigenvalue weighted by atomic mass is 16.5. The van der Waals surface area contributed by atoms with Gasteiger partial charge in [0.25, 0.3) is 0 Å². The second kappa shape index (κ2) is 9.45. The van der Waals surface area contributed by atoms with Gasteiger partial charge in [-0.1, -0.05) is 18.2 Å². The number of nitrogens with zero attached hydrogens (tertiary/aromatic N) is 2.